The maximum atomic E-state index is 12.5. The zero-order valence-corrected chi connectivity index (χ0v) is 29.1. The van der Waals surface area contributed by atoms with E-state index in [1.54, 1.807) is 12.1 Å². The highest BCUT2D eigenvalue weighted by atomic mass is 35.5. The van der Waals surface area contributed by atoms with E-state index in [4.69, 9.17) is 16.7 Å². The molecule has 1 aromatic heterocycles. The SMILES string of the molecule is O=C(O)c1ccc(Nc2nc(Cl)nc(Nc3cc(S(=O)(=O)O)cc4cc(S(=O)(=O)O)c(N=Nc5ccc6ccccc6c5S(=O)(=O)O)c(O)c34)n2)cc1. The lowest BCUT2D eigenvalue weighted by atomic mass is 10.1. The molecule has 53 heavy (non-hydrogen) atoms. The van der Waals surface area contributed by atoms with Crippen molar-refractivity contribution in [3.63, 3.8) is 0 Å². The molecule has 1 heterocycles. The number of azo groups is 1. The highest BCUT2D eigenvalue weighted by molar-refractivity contribution is 7.86. The summed E-state index contributed by atoms with van der Waals surface area (Å²) < 4.78 is 104. The summed E-state index contributed by atoms with van der Waals surface area (Å²) >= 11 is 6.09. The number of nitrogens with one attached hydrogen (secondary N) is 2. The third-order valence-corrected chi connectivity index (χ3v) is 10.1. The van der Waals surface area contributed by atoms with Crippen LogP contribution in [0.15, 0.2) is 104 Å². The molecule has 0 aliphatic carbocycles. The van der Waals surface area contributed by atoms with E-state index < -0.39 is 95.8 Å². The minimum Gasteiger partial charge on any atom is -0.505 e. The number of phenols is 1. The van der Waals surface area contributed by atoms with Crippen molar-refractivity contribution in [2.24, 2.45) is 10.2 Å². The van der Waals surface area contributed by atoms with Gasteiger partial charge in [0, 0.05) is 16.5 Å². The lowest BCUT2D eigenvalue weighted by Crippen LogP contribution is -2.06. The predicted octanol–water partition coefficient (Wildman–Crippen LogP) is 5.88. The van der Waals surface area contributed by atoms with Crippen LogP contribution in [0.1, 0.15) is 10.4 Å². The molecule has 0 saturated carbocycles. The summed E-state index contributed by atoms with van der Waals surface area (Å²) in [5, 5.41) is 32.7. The number of aromatic hydroxyl groups is 1. The normalized spacial score (nSPS) is 12.4. The average molecular weight is 802 g/mol. The Morgan fingerprint density at radius 2 is 1.38 bits per heavy atom. The average Bonchev–Trinajstić information content (AvgIpc) is 3.06. The van der Waals surface area contributed by atoms with Crippen LogP contribution in [0.5, 0.6) is 5.75 Å². The number of hydrogen-bond donors (Lipinski definition) is 7. The molecule has 23 heteroatoms. The highest BCUT2D eigenvalue weighted by Crippen LogP contribution is 2.46. The van der Waals surface area contributed by atoms with Gasteiger partial charge in [-0.05, 0) is 70.9 Å². The van der Waals surface area contributed by atoms with Crippen molar-refractivity contribution >= 4 is 104 Å². The van der Waals surface area contributed by atoms with Crippen molar-refractivity contribution in [1.29, 1.82) is 0 Å². The van der Waals surface area contributed by atoms with E-state index in [9.17, 15) is 48.8 Å². The Kier molecular flexibility index (Phi) is 9.46. The molecule has 0 aliphatic rings. The predicted molar refractivity (Wildman–Crippen MR) is 188 cm³/mol. The van der Waals surface area contributed by atoms with Crippen LogP contribution in [0, 0.1) is 0 Å². The quantitative estimate of drug-likeness (QED) is 0.0628. The number of nitrogens with zero attached hydrogens (tertiary/aromatic N) is 5. The largest absolute Gasteiger partial charge is 0.505 e. The van der Waals surface area contributed by atoms with Crippen LogP contribution in [-0.4, -0.2) is 70.0 Å². The van der Waals surface area contributed by atoms with Gasteiger partial charge in [-0.25, -0.2) is 4.79 Å². The number of carbonyl (C=O) groups is 1. The van der Waals surface area contributed by atoms with Crippen LogP contribution >= 0.6 is 11.6 Å². The van der Waals surface area contributed by atoms with Gasteiger partial charge >= 0.3 is 5.97 Å². The Morgan fingerprint density at radius 1 is 0.717 bits per heavy atom. The zero-order chi connectivity index (χ0) is 38.5. The maximum absolute atomic E-state index is 12.5. The van der Waals surface area contributed by atoms with E-state index >= 15 is 0 Å². The number of anilines is 4. The number of aromatic nitrogens is 3. The number of fused-ring (bicyclic) bond motifs is 2. The van der Waals surface area contributed by atoms with Crippen molar-refractivity contribution in [2.45, 2.75) is 14.7 Å². The van der Waals surface area contributed by atoms with Crippen LogP contribution in [0.3, 0.4) is 0 Å². The lowest BCUT2D eigenvalue weighted by molar-refractivity contribution is 0.0696. The van der Waals surface area contributed by atoms with E-state index in [-0.39, 0.29) is 16.9 Å². The van der Waals surface area contributed by atoms with Gasteiger partial charge in [-0.1, -0.05) is 30.3 Å². The Hall–Kier alpha value is -5.88. The first-order valence-corrected chi connectivity index (χ1v) is 19.0. The van der Waals surface area contributed by atoms with Gasteiger partial charge in [-0.2, -0.15) is 40.2 Å². The monoisotopic (exact) mass is 801 g/mol. The third kappa shape index (κ3) is 7.82. The molecule has 0 amide bonds. The Balaban J connectivity index is 1.53. The number of carboxylic acids is 1. The number of benzene rings is 5. The highest BCUT2D eigenvalue weighted by Gasteiger charge is 2.27. The van der Waals surface area contributed by atoms with Gasteiger partial charge in [-0.3, -0.25) is 13.7 Å². The summed E-state index contributed by atoms with van der Waals surface area (Å²) in [4.78, 5) is 20.5. The summed E-state index contributed by atoms with van der Waals surface area (Å²) in [5.74, 6) is -2.84. The molecular weight excluding hydrogens is 782 g/mol. The van der Waals surface area contributed by atoms with E-state index in [2.05, 4.69) is 35.8 Å². The molecule has 6 aromatic rings. The number of hydrogen-bond acceptors (Lipinski definition) is 15. The standard InChI is InChI=1S/C30H20ClN7O12S3/c31-28-34-29(32-17-8-5-15(6-9-17)27(40)41)36-30(35-28)33-21-13-18(51(42,43)44)11-16-12-22(52(45,46)47)24(25(39)23(16)21)38-37-20-10-7-14-3-1-2-4-19(14)26(20)53(48,49)50/h1-13,39H,(H,40,41)(H,42,43,44)(H,45,46,47)(H,48,49,50)(H2,32,33,34,35,36). The van der Waals surface area contributed by atoms with Crippen LogP contribution in [0.25, 0.3) is 21.5 Å². The molecule has 272 valence electrons. The summed E-state index contributed by atoms with van der Waals surface area (Å²) in [5.41, 5.74) is -1.56. The first-order chi connectivity index (χ1) is 24.8. The second kappa shape index (κ2) is 13.6. The van der Waals surface area contributed by atoms with Gasteiger partial charge < -0.3 is 20.8 Å². The van der Waals surface area contributed by atoms with Crippen LogP contribution < -0.4 is 10.6 Å². The molecule has 0 saturated heterocycles. The molecule has 19 nitrogen and oxygen atoms in total. The maximum Gasteiger partial charge on any atom is 0.335 e. The van der Waals surface area contributed by atoms with Crippen molar-refractivity contribution in [3.05, 3.63) is 89.7 Å². The van der Waals surface area contributed by atoms with E-state index in [0.29, 0.717) is 17.1 Å². The molecule has 0 atom stereocenters. The van der Waals surface area contributed by atoms with Gasteiger partial charge in [-0.15, -0.1) is 10.2 Å². The first kappa shape index (κ1) is 36.9. The lowest BCUT2D eigenvalue weighted by Gasteiger charge is -2.15. The van der Waals surface area contributed by atoms with Crippen molar-refractivity contribution in [2.75, 3.05) is 10.6 Å². The van der Waals surface area contributed by atoms with E-state index in [1.165, 1.54) is 42.5 Å². The molecule has 5 aromatic carbocycles. The Bertz CT molecular complexity index is 2880. The number of rotatable bonds is 10. The number of aromatic carboxylic acids is 1. The van der Waals surface area contributed by atoms with Crippen LogP contribution in [0.2, 0.25) is 5.28 Å². The second-order valence-electron chi connectivity index (χ2n) is 10.8. The van der Waals surface area contributed by atoms with Gasteiger partial charge in [0.1, 0.15) is 21.2 Å². The molecule has 0 fully saturated rings. The second-order valence-corrected chi connectivity index (χ2v) is 15.3. The minimum atomic E-state index is -5.30. The molecule has 0 aliphatic heterocycles. The molecule has 7 N–H and O–H groups in total. The van der Waals surface area contributed by atoms with Crippen molar-refractivity contribution < 1.29 is 53.9 Å². The van der Waals surface area contributed by atoms with E-state index in [0.717, 1.165) is 18.2 Å². The fraction of sp³-hybridized carbons (Fsp3) is 0. The van der Waals surface area contributed by atoms with E-state index in [1.807, 2.05) is 0 Å². The smallest absolute Gasteiger partial charge is 0.335 e. The number of halogens is 1. The fourth-order valence-electron chi connectivity index (χ4n) is 5.09. The summed E-state index contributed by atoms with van der Waals surface area (Å²) in [6.45, 7) is 0. The van der Waals surface area contributed by atoms with Crippen LogP contribution in [0.4, 0.5) is 34.6 Å². The van der Waals surface area contributed by atoms with Gasteiger partial charge in [0.05, 0.1) is 16.1 Å². The fourth-order valence-corrected chi connectivity index (χ4v) is 7.29. The van der Waals surface area contributed by atoms with Gasteiger partial charge in [0.25, 0.3) is 30.4 Å². The molecule has 6 rings (SSSR count). The van der Waals surface area contributed by atoms with Gasteiger partial charge in [0.2, 0.25) is 17.2 Å². The zero-order valence-electron chi connectivity index (χ0n) is 25.9. The third-order valence-electron chi connectivity index (χ3n) is 7.32. The summed E-state index contributed by atoms with van der Waals surface area (Å²) in [7, 11) is -15.3. The number of phenolic OH excluding ortho intramolecular Hbond substituents is 1. The molecule has 0 bridgehead atoms. The molecule has 0 spiro atoms. The topological polar surface area (TPSA) is 308 Å². The molecule has 0 radical (unpaired) electrons. The van der Waals surface area contributed by atoms with Crippen molar-refractivity contribution in [3.8, 4) is 5.75 Å². The van der Waals surface area contributed by atoms with Crippen LogP contribution in [-0.2, 0) is 30.4 Å². The Labute approximate surface area is 302 Å². The summed E-state index contributed by atoms with van der Waals surface area (Å²) in [6, 6.07) is 16.2. The summed E-state index contributed by atoms with van der Waals surface area (Å²) in [6.07, 6.45) is 0. The van der Waals surface area contributed by atoms with Crippen molar-refractivity contribution in [1.82, 2.24) is 15.0 Å². The molecule has 0 unspecified atom stereocenters. The number of carboxylic acid groups (broad SMARTS) is 1. The molecular formula is C30H20ClN7O12S3. The Morgan fingerprint density at radius 3 is 2.00 bits per heavy atom. The first-order valence-electron chi connectivity index (χ1n) is 14.3. The van der Waals surface area contributed by atoms with Gasteiger partial charge in [0.15, 0.2) is 5.75 Å². The minimum absolute atomic E-state index is 0.0100.